The Labute approximate surface area is 98.9 Å². The molecule has 0 unspecified atom stereocenters. The van der Waals surface area contributed by atoms with E-state index in [9.17, 15) is 9.59 Å². The summed E-state index contributed by atoms with van der Waals surface area (Å²) < 4.78 is 0. The van der Waals surface area contributed by atoms with Crippen molar-refractivity contribution in [2.24, 2.45) is 0 Å². The van der Waals surface area contributed by atoms with Crippen LogP contribution in [0.1, 0.15) is 49.4 Å². The van der Waals surface area contributed by atoms with Crippen LogP contribution in [0.5, 0.6) is 0 Å². The van der Waals surface area contributed by atoms with E-state index in [-0.39, 0.29) is 17.8 Å². The Balaban J connectivity index is 2.19. The Morgan fingerprint density at radius 1 is 1.41 bits per heavy atom. The third-order valence-corrected chi connectivity index (χ3v) is 3.24. The van der Waals surface area contributed by atoms with Crippen LogP contribution in [0.2, 0.25) is 0 Å². The molecular weight excluding hydrogens is 220 g/mol. The van der Waals surface area contributed by atoms with Gasteiger partial charge in [0.2, 0.25) is 0 Å². The van der Waals surface area contributed by atoms with Gasteiger partial charge in [-0.15, -0.1) is 0 Å². The van der Waals surface area contributed by atoms with E-state index in [1.807, 2.05) is 0 Å². The van der Waals surface area contributed by atoms with Gasteiger partial charge in [0.05, 0.1) is 0 Å². The number of aromatic nitrogens is 2. The molecule has 0 atom stereocenters. The van der Waals surface area contributed by atoms with Crippen molar-refractivity contribution in [2.45, 2.75) is 44.4 Å². The van der Waals surface area contributed by atoms with Crippen molar-refractivity contribution in [1.82, 2.24) is 9.97 Å². The van der Waals surface area contributed by atoms with Crippen molar-refractivity contribution in [3.05, 3.63) is 27.9 Å². The van der Waals surface area contributed by atoms with Crippen molar-refractivity contribution in [2.75, 3.05) is 0 Å². The van der Waals surface area contributed by atoms with Crippen molar-refractivity contribution in [3.63, 3.8) is 0 Å². The number of hydrogen-bond acceptors (Lipinski definition) is 3. The zero-order valence-corrected chi connectivity index (χ0v) is 9.61. The van der Waals surface area contributed by atoms with Crippen molar-refractivity contribution in [1.29, 1.82) is 0 Å². The molecule has 0 amide bonds. The Kier molecular flexibility index (Phi) is 3.56. The lowest BCUT2D eigenvalue weighted by Gasteiger charge is -2.20. The molecule has 1 aromatic heterocycles. The summed E-state index contributed by atoms with van der Waals surface area (Å²) in [6.45, 7) is 0. The van der Waals surface area contributed by atoms with Crippen molar-refractivity contribution < 1.29 is 9.90 Å². The summed E-state index contributed by atoms with van der Waals surface area (Å²) in [7, 11) is 0. The Hall–Kier alpha value is -1.65. The highest BCUT2D eigenvalue weighted by Gasteiger charge is 2.19. The molecule has 92 valence electrons. The lowest BCUT2D eigenvalue weighted by atomic mass is 9.85. The molecule has 0 aromatic carbocycles. The third kappa shape index (κ3) is 2.93. The van der Waals surface area contributed by atoms with E-state index in [0.717, 1.165) is 25.7 Å². The predicted molar refractivity (Wildman–Crippen MR) is 62.0 cm³/mol. The summed E-state index contributed by atoms with van der Waals surface area (Å²) in [5.41, 5.74) is 0.530. The van der Waals surface area contributed by atoms with Crippen LogP contribution in [0.3, 0.4) is 0 Å². The monoisotopic (exact) mass is 236 g/mol. The van der Waals surface area contributed by atoms with E-state index in [4.69, 9.17) is 5.11 Å². The van der Waals surface area contributed by atoms with Crippen molar-refractivity contribution >= 4 is 5.97 Å². The molecule has 1 saturated carbocycles. The SMILES string of the molecule is O=C(O)Cc1ncc(C2CCCCC2)c(=O)[nH]1. The molecule has 1 aliphatic carbocycles. The standard InChI is InChI=1S/C12H16N2O3/c15-11(16)6-10-13-7-9(12(17)14-10)8-4-2-1-3-5-8/h7-8H,1-6H2,(H,15,16)(H,13,14,17). The Bertz CT molecular complexity index is 461. The van der Waals surface area contributed by atoms with Crippen LogP contribution in [0.15, 0.2) is 11.0 Å². The topological polar surface area (TPSA) is 83.0 Å². The first-order valence-electron chi connectivity index (χ1n) is 5.96. The highest BCUT2D eigenvalue weighted by atomic mass is 16.4. The second-order valence-corrected chi connectivity index (χ2v) is 4.52. The number of aliphatic carboxylic acids is 1. The normalized spacial score (nSPS) is 16.9. The third-order valence-electron chi connectivity index (χ3n) is 3.24. The molecule has 1 heterocycles. The van der Waals surface area contributed by atoms with E-state index in [1.54, 1.807) is 6.20 Å². The quantitative estimate of drug-likeness (QED) is 0.831. The summed E-state index contributed by atoms with van der Waals surface area (Å²) in [5, 5.41) is 8.61. The number of carbonyl (C=O) groups is 1. The van der Waals surface area contributed by atoms with E-state index in [1.165, 1.54) is 6.42 Å². The second-order valence-electron chi connectivity index (χ2n) is 4.52. The molecule has 1 aromatic rings. The highest BCUT2D eigenvalue weighted by Crippen LogP contribution is 2.30. The molecule has 5 nitrogen and oxygen atoms in total. The maximum atomic E-state index is 11.8. The average Bonchev–Trinajstić information content (AvgIpc) is 2.29. The molecule has 5 heteroatoms. The molecule has 0 aliphatic heterocycles. The lowest BCUT2D eigenvalue weighted by Crippen LogP contribution is -2.21. The maximum absolute atomic E-state index is 11.8. The van der Waals surface area contributed by atoms with E-state index >= 15 is 0 Å². The number of hydrogen-bond donors (Lipinski definition) is 2. The number of H-pyrrole nitrogens is 1. The number of aromatic amines is 1. The van der Waals surface area contributed by atoms with Crippen LogP contribution in [0, 0.1) is 0 Å². The molecule has 1 aliphatic rings. The van der Waals surface area contributed by atoms with Crippen LogP contribution >= 0.6 is 0 Å². The summed E-state index contributed by atoms with van der Waals surface area (Å²) in [5.74, 6) is -0.473. The summed E-state index contributed by atoms with van der Waals surface area (Å²) in [6, 6.07) is 0. The number of rotatable bonds is 3. The van der Waals surface area contributed by atoms with Gasteiger partial charge in [-0.2, -0.15) is 0 Å². The molecular formula is C12H16N2O3. The van der Waals surface area contributed by atoms with Gasteiger partial charge >= 0.3 is 5.97 Å². The minimum Gasteiger partial charge on any atom is -0.481 e. The molecule has 17 heavy (non-hydrogen) atoms. The van der Waals surface area contributed by atoms with E-state index < -0.39 is 5.97 Å². The molecule has 1 fully saturated rings. The van der Waals surface area contributed by atoms with Gasteiger partial charge in [-0.05, 0) is 18.8 Å². The zero-order valence-electron chi connectivity index (χ0n) is 9.61. The first-order valence-corrected chi connectivity index (χ1v) is 5.96. The minimum atomic E-state index is -0.987. The van der Waals surface area contributed by atoms with Crippen LogP contribution in [0.4, 0.5) is 0 Å². The summed E-state index contributed by atoms with van der Waals surface area (Å²) >= 11 is 0. The largest absolute Gasteiger partial charge is 0.481 e. The van der Waals surface area contributed by atoms with E-state index in [2.05, 4.69) is 9.97 Å². The first-order chi connectivity index (χ1) is 8.16. The van der Waals surface area contributed by atoms with Crippen LogP contribution < -0.4 is 5.56 Å². The second kappa shape index (κ2) is 5.12. The number of carboxylic acids is 1. The lowest BCUT2D eigenvalue weighted by molar-refractivity contribution is -0.136. The maximum Gasteiger partial charge on any atom is 0.311 e. The van der Waals surface area contributed by atoms with Gasteiger partial charge in [-0.1, -0.05) is 19.3 Å². The van der Waals surface area contributed by atoms with Crippen molar-refractivity contribution in [3.8, 4) is 0 Å². The fraction of sp³-hybridized carbons (Fsp3) is 0.583. The van der Waals surface area contributed by atoms with Crippen LogP contribution in [-0.2, 0) is 11.2 Å². The molecule has 2 N–H and O–H groups in total. The van der Waals surface area contributed by atoms with Crippen LogP contribution in [-0.4, -0.2) is 21.0 Å². The molecule has 0 spiro atoms. The molecule has 0 saturated heterocycles. The first kappa shape index (κ1) is 11.8. The highest BCUT2D eigenvalue weighted by molar-refractivity contribution is 5.68. The molecule has 0 bridgehead atoms. The predicted octanol–water partition coefficient (Wildman–Crippen LogP) is 1.44. The smallest absolute Gasteiger partial charge is 0.311 e. The van der Waals surface area contributed by atoms with Gasteiger partial charge in [0, 0.05) is 11.8 Å². The van der Waals surface area contributed by atoms with Gasteiger partial charge in [-0.25, -0.2) is 4.98 Å². The molecule has 2 rings (SSSR count). The minimum absolute atomic E-state index is 0.178. The van der Waals surface area contributed by atoms with Gasteiger partial charge < -0.3 is 10.1 Å². The average molecular weight is 236 g/mol. The zero-order chi connectivity index (χ0) is 12.3. The number of nitrogens with zero attached hydrogens (tertiary/aromatic N) is 1. The molecule has 0 radical (unpaired) electrons. The number of carboxylic acid groups (broad SMARTS) is 1. The Morgan fingerprint density at radius 2 is 2.12 bits per heavy atom. The van der Waals surface area contributed by atoms with E-state index in [0.29, 0.717) is 11.5 Å². The Morgan fingerprint density at radius 3 is 2.71 bits per heavy atom. The summed E-state index contributed by atoms with van der Waals surface area (Å²) in [6.07, 6.45) is 6.92. The van der Waals surface area contributed by atoms with Gasteiger partial charge in [0.15, 0.2) is 0 Å². The van der Waals surface area contributed by atoms with Crippen LogP contribution in [0.25, 0.3) is 0 Å². The summed E-state index contributed by atoms with van der Waals surface area (Å²) in [4.78, 5) is 28.9. The van der Waals surface area contributed by atoms with Gasteiger partial charge in [0.1, 0.15) is 12.2 Å². The fourth-order valence-electron chi connectivity index (χ4n) is 2.38. The number of nitrogens with one attached hydrogen (secondary N) is 1. The fourth-order valence-corrected chi connectivity index (χ4v) is 2.38. The van der Waals surface area contributed by atoms with Gasteiger partial charge in [0.25, 0.3) is 5.56 Å². The van der Waals surface area contributed by atoms with Gasteiger partial charge in [-0.3, -0.25) is 9.59 Å².